The lowest BCUT2D eigenvalue weighted by Crippen LogP contribution is -2.55. The summed E-state index contributed by atoms with van der Waals surface area (Å²) in [5.74, 6) is 1.69. The first-order chi connectivity index (χ1) is 13.7. The van der Waals surface area contributed by atoms with E-state index in [4.69, 9.17) is 9.47 Å². The third-order valence-electron chi connectivity index (χ3n) is 4.83. The fourth-order valence-electron chi connectivity index (χ4n) is 3.27. The molecule has 0 aliphatic carbocycles. The zero-order valence-electron chi connectivity index (χ0n) is 15.5. The molecule has 6 nitrogen and oxygen atoms in total. The lowest BCUT2D eigenvalue weighted by molar-refractivity contribution is -0.145. The van der Waals surface area contributed by atoms with Crippen molar-refractivity contribution in [2.24, 2.45) is 0 Å². The van der Waals surface area contributed by atoms with Crippen molar-refractivity contribution >= 4 is 23.6 Å². The fourth-order valence-corrected chi connectivity index (χ4v) is 4.10. The molecule has 28 heavy (non-hydrogen) atoms. The number of fused-ring (bicyclic) bond motifs is 1. The Bertz CT molecular complexity index is 837. The van der Waals surface area contributed by atoms with Crippen LogP contribution in [0.25, 0.3) is 0 Å². The molecule has 2 amide bonds. The quantitative estimate of drug-likeness (QED) is 0.740. The highest BCUT2D eigenvalue weighted by atomic mass is 32.2. The molecule has 0 aromatic heterocycles. The van der Waals surface area contributed by atoms with Gasteiger partial charge in [-0.2, -0.15) is 0 Å². The summed E-state index contributed by atoms with van der Waals surface area (Å²) in [4.78, 5) is 29.9. The van der Waals surface area contributed by atoms with Gasteiger partial charge >= 0.3 is 0 Å². The Hall–Kier alpha value is -2.67. The molecule has 2 aromatic carbocycles. The normalized spacial score (nSPS) is 18.6. The van der Waals surface area contributed by atoms with Crippen LogP contribution in [0.3, 0.4) is 0 Å². The minimum atomic E-state index is -0.634. The molecule has 0 bridgehead atoms. The van der Waals surface area contributed by atoms with Crippen LogP contribution in [-0.4, -0.2) is 66.3 Å². The maximum atomic E-state index is 12.8. The molecule has 0 radical (unpaired) electrons. The maximum Gasteiger partial charge on any atom is 0.267 e. The van der Waals surface area contributed by atoms with E-state index in [9.17, 15) is 9.59 Å². The van der Waals surface area contributed by atoms with Crippen molar-refractivity contribution in [3.63, 3.8) is 0 Å². The monoisotopic (exact) mass is 398 g/mol. The van der Waals surface area contributed by atoms with Gasteiger partial charge in [-0.25, -0.2) is 0 Å². The minimum Gasteiger partial charge on any atom is -0.485 e. The molecule has 0 spiro atoms. The first-order valence-corrected chi connectivity index (χ1v) is 10.3. The van der Waals surface area contributed by atoms with Gasteiger partial charge in [0, 0.05) is 31.1 Å². The van der Waals surface area contributed by atoms with E-state index in [0.717, 1.165) is 4.90 Å². The Balaban J connectivity index is 1.26. The van der Waals surface area contributed by atoms with Crippen LogP contribution in [0, 0.1) is 0 Å². The van der Waals surface area contributed by atoms with E-state index in [1.54, 1.807) is 11.0 Å². The van der Waals surface area contributed by atoms with E-state index in [1.165, 1.54) is 11.8 Å². The van der Waals surface area contributed by atoms with E-state index in [2.05, 4.69) is 0 Å². The Morgan fingerprint density at radius 3 is 2.29 bits per heavy atom. The highest BCUT2D eigenvalue weighted by molar-refractivity contribution is 8.00. The largest absolute Gasteiger partial charge is 0.485 e. The average molecular weight is 398 g/mol. The lowest BCUT2D eigenvalue weighted by atomic mass is 10.2. The van der Waals surface area contributed by atoms with Gasteiger partial charge < -0.3 is 19.3 Å². The van der Waals surface area contributed by atoms with Crippen LogP contribution in [0.15, 0.2) is 59.5 Å². The van der Waals surface area contributed by atoms with Gasteiger partial charge in [0.1, 0.15) is 6.61 Å². The Labute approximate surface area is 168 Å². The molecule has 2 heterocycles. The highest BCUT2D eigenvalue weighted by Gasteiger charge is 2.33. The highest BCUT2D eigenvalue weighted by Crippen LogP contribution is 2.31. The molecule has 4 rings (SSSR count). The van der Waals surface area contributed by atoms with Gasteiger partial charge in [0.25, 0.3) is 5.91 Å². The molecule has 146 valence electrons. The second-order valence-electron chi connectivity index (χ2n) is 6.67. The van der Waals surface area contributed by atoms with Gasteiger partial charge in [0.15, 0.2) is 11.5 Å². The van der Waals surface area contributed by atoms with Crippen molar-refractivity contribution in [2.75, 3.05) is 38.5 Å². The number of para-hydroxylation sites is 2. The fraction of sp³-hybridized carbons (Fsp3) is 0.333. The van der Waals surface area contributed by atoms with Crippen LogP contribution < -0.4 is 9.47 Å². The molecule has 1 saturated heterocycles. The summed E-state index contributed by atoms with van der Waals surface area (Å²) in [5.41, 5.74) is 0. The molecule has 1 fully saturated rings. The van der Waals surface area contributed by atoms with E-state index < -0.39 is 6.10 Å². The smallest absolute Gasteiger partial charge is 0.267 e. The molecule has 1 unspecified atom stereocenters. The number of carbonyl (C=O) groups is 2. The van der Waals surface area contributed by atoms with Gasteiger partial charge in [0.05, 0.1) is 5.75 Å². The Morgan fingerprint density at radius 1 is 0.893 bits per heavy atom. The van der Waals surface area contributed by atoms with Crippen molar-refractivity contribution < 1.29 is 19.1 Å². The van der Waals surface area contributed by atoms with Crippen molar-refractivity contribution in [1.29, 1.82) is 0 Å². The topological polar surface area (TPSA) is 59.1 Å². The van der Waals surface area contributed by atoms with Crippen LogP contribution >= 0.6 is 11.8 Å². The van der Waals surface area contributed by atoms with Gasteiger partial charge in [-0.1, -0.05) is 30.3 Å². The summed E-state index contributed by atoms with van der Waals surface area (Å²) < 4.78 is 11.5. The number of hydrogen-bond donors (Lipinski definition) is 0. The number of nitrogens with zero attached hydrogens (tertiary/aromatic N) is 2. The van der Waals surface area contributed by atoms with Crippen LogP contribution in [0.5, 0.6) is 11.5 Å². The zero-order chi connectivity index (χ0) is 19.3. The molecule has 0 saturated carbocycles. The number of amides is 2. The summed E-state index contributed by atoms with van der Waals surface area (Å²) in [6, 6.07) is 17.2. The molecule has 2 aliphatic rings. The SMILES string of the molecule is O=C(CSc1ccccc1)N1CCN(C(=O)C2COc3ccccc3O2)CC1. The first-order valence-electron chi connectivity index (χ1n) is 9.33. The number of thioether (sulfide) groups is 1. The van der Waals surface area contributed by atoms with Crippen molar-refractivity contribution in [3.05, 3.63) is 54.6 Å². The summed E-state index contributed by atoms with van der Waals surface area (Å²) >= 11 is 1.54. The second-order valence-corrected chi connectivity index (χ2v) is 7.72. The summed E-state index contributed by atoms with van der Waals surface area (Å²) in [7, 11) is 0. The van der Waals surface area contributed by atoms with Crippen LogP contribution in [0.4, 0.5) is 0 Å². The average Bonchev–Trinajstić information content (AvgIpc) is 2.77. The maximum absolute atomic E-state index is 12.8. The Morgan fingerprint density at radius 2 is 1.54 bits per heavy atom. The summed E-state index contributed by atoms with van der Waals surface area (Å²) in [6.07, 6.45) is -0.634. The predicted molar refractivity (Wildman–Crippen MR) is 107 cm³/mol. The van der Waals surface area contributed by atoms with E-state index in [0.29, 0.717) is 43.4 Å². The molecular formula is C21H22N2O4S. The third kappa shape index (κ3) is 4.25. The molecule has 2 aromatic rings. The standard InChI is InChI=1S/C21H22N2O4S/c24-20(15-28-16-6-2-1-3-7-16)22-10-12-23(13-11-22)21(25)19-14-26-17-8-4-5-9-18(17)27-19/h1-9,19H,10-15H2. The first kappa shape index (κ1) is 18.7. The molecule has 7 heteroatoms. The van der Waals surface area contributed by atoms with Crippen molar-refractivity contribution in [1.82, 2.24) is 9.80 Å². The number of carbonyl (C=O) groups excluding carboxylic acids is 2. The second kappa shape index (κ2) is 8.56. The predicted octanol–water partition coefficient (Wildman–Crippen LogP) is 2.29. The van der Waals surface area contributed by atoms with Crippen LogP contribution in [0.1, 0.15) is 0 Å². The van der Waals surface area contributed by atoms with Gasteiger partial charge in [-0.15, -0.1) is 11.8 Å². The summed E-state index contributed by atoms with van der Waals surface area (Å²) in [6.45, 7) is 2.33. The van der Waals surface area contributed by atoms with Crippen LogP contribution in [-0.2, 0) is 9.59 Å². The molecule has 0 N–H and O–H groups in total. The van der Waals surface area contributed by atoms with E-state index in [1.807, 2.05) is 53.4 Å². The lowest BCUT2D eigenvalue weighted by Gasteiger charge is -2.37. The number of ether oxygens (including phenoxy) is 2. The van der Waals surface area contributed by atoms with Crippen LogP contribution in [0.2, 0.25) is 0 Å². The molecular weight excluding hydrogens is 376 g/mol. The van der Waals surface area contributed by atoms with Gasteiger partial charge in [-0.05, 0) is 24.3 Å². The number of rotatable bonds is 4. The molecule has 2 aliphatic heterocycles. The number of hydrogen-bond acceptors (Lipinski definition) is 5. The van der Waals surface area contributed by atoms with E-state index >= 15 is 0 Å². The third-order valence-corrected chi connectivity index (χ3v) is 5.83. The molecule has 1 atom stereocenters. The summed E-state index contributed by atoms with van der Waals surface area (Å²) in [5, 5.41) is 0. The Kier molecular flexibility index (Phi) is 5.71. The van der Waals surface area contributed by atoms with Crippen molar-refractivity contribution in [2.45, 2.75) is 11.0 Å². The van der Waals surface area contributed by atoms with E-state index in [-0.39, 0.29) is 18.4 Å². The van der Waals surface area contributed by atoms with Crippen molar-refractivity contribution in [3.8, 4) is 11.5 Å². The van der Waals surface area contributed by atoms with Gasteiger partial charge in [-0.3, -0.25) is 9.59 Å². The van der Waals surface area contributed by atoms with Gasteiger partial charge in [0.2, 0.25) is 12.0 Å². The minimum absolute atomic E-state index is 0.0831. The number of benzene rings is 2. The zero-order valence-corrected chi connectivity index (χ0v) is 16.3. The number of piperazine rings is 1.